The van der Waals surface area contributed by atoms with E-state index in [2.05, 4.69) is 15.0 Å². The molecule has 0 aliphatic heterocycles. The van der Waals surface area contributed by atoms with Gasteiger partial charge in [-0.2, -0.15) is 0 Å². The van der Waals surface area contributed by atoms with Crippen LogP contribution in [-0.4, -0.2) is 22.0 Å². The third-order valence-corrected chi connectivity index (χ3v) is 2.21. The van der Waals surface area contributed by atoms with Gasteiger partial charge in [-0.25, -0.2) is 15.0 Å². The zero-order valence-corrected chi connectivity index (χ0v) is 8.89. The van der Waals surface area contributed by atoms with Crippen molar-refractivity contribution in [1.82, 2.24) is 15.0 Å². The number of nitrogens with zero attached hydrogens (tertiary/aromatic N) is 4. The zero-order valence-electron chi connectivity index (χ0n) is 8.13. The lowest BCUT2D eigenvalue weighted by molar-refractivity contribution is 0.984. The van der Waals surface area contributed by atoms with Crippen LogP contribution in [0.3, 0.4) is 0 Å². The largest absolute Gasteiger partial charge is 0.313 e. The predicted octanol–water partition coefficient (Wildman–Crippen LogP) is 2.29. The standard InChI is InChI=1S/C10H9ClN4/c1-15(10-13-6-12-7-14-10)9-4-2-3-8(11)5-9/h2-7H,1H3. The molecule has 0 saturated heterocycles. The van der Waals surface area contributed by atoms with Crippen molar-refractivity contribution < 1.29 is 0 Å². The molecule has 0 atom stereocenters. The van der Waals surface area contributed by atoms with Crippen LogP contribution in [0.15, 0.2) is 36.9 Å². The minimum absolute atomic E-state index is 0.590. The Morgan fingerprint density at radius 1 is 1.20 bits per heavy atom. The molecule has 0 saturated carbocycles. The highest BCUT2D eigenvalue weighted by molar-refractivity contribution is 6.30. The lowest BCUT2D eigenvalue weighted by Crippen LogP contribution is -2.12. The first-order chi connectivity index (χ1) is 7.27. The topological polar surface area (TPSA) is 41.9 Å². The zero-order chi connectivity index (χ0) is 10.7. The first kappa shape index (κ1) is 9.86. The maximum atomic E-state index is 5.90. The van der Waals surface area contributed by atoms with E-state index in [1.54, 1.807) is 0 Å². The Morgan fingerprint density at radius 2 is 1.93 bits per heavy atom. The summed E-state index contributed by atoms with van der Waals surface area (Å²) >= 11 is 5.90. The van der Waals surface area contributed by atoms with Gasteiger partial charge in [0, 0.05) is 17.8 Å². The maximum absolute atomic E-state index is 5.90. The Labute approximate surface area is 92.6 Å². The van der Waals surface area contributed by atoms with Crippen LogP contribution >= 0.6 is 11.6 Å². The molecule has 0 unspecified atom stereocenters. The van der Waals surface area contributed by atoms with Gasteiger partial charge in [-0.05, 0) is 18.2 Å². The van der Waals surface area contributed by atoms with E-state index in [9.17, 15) is 0 Å². The first-order valence-corrected chi connectivity index (χ1v) is 4.76. The summed E-state index contributed by atoms with van der Waals surface area (Å²) in [6, 6.07) is 7.50. The molecule has 1 heterocycles. The van der Waals surface area contributed by atoms with Crippen molar-refractivity contribution in [1.29, 1.82) is 0 Å². The highest BCUT2D eigenvalue weighted by Gasteiger charge is 2.05. The van der Waals surface area contributed by atoms with Crippen molar-refractivity contribution in [2.24, 2.45) is 0 Å². The SMILES string of the molecule is CN(c1cccc(Cl)c1)c1ncncn1. The summed E-state index contributed by atoms with van der Waals surface area (Å²) in [4.78, 5) is 13.7. The van der Waals surface area contributed by atoms with Gasteiger partial charge in [-0.1, -0.05) is 17.7 Å². The second kappa shape index (κ2) is 4.23. The van der Waals surface area contributed by atoms with Gasteiger partial charge >= 0.3 is 0 Å². The van der Waals surface area contributed by atoms with E-state index in [4.69, 9.17) is 11.6 Å². The summed E-state index contributed by atoms with van der Waals surface area (Å²) < 4.78 is 0. The van der Waals surface area contributed by atoms with Crippen LogP contribution in [0.1, 0.15) is 0 Å². The monoisotopic (exact) mass is 220 g/mol. The van der Waals surface area contributed by atoms with Crippen LogP contribution in [0, 0.1) is 0 Å². The van der Waals surface area contributed by atoms with Crippen molar-refractivity contribution in [2.45, 2.75) is 0 Å². The summed E-state index contributed by atoms with van der Waals surface area (Å²) in [5, 5.41) is 0.688. The average Bonchev–Trinajstić information content (AvgIpc) is 2.29. The second-order valence-corrected chi connectivity index (χ2v) is 3.41. The van der Waals surface area contributed by atoms with Crippen molar-refractivity contribution in [3.63, 3.8) is 0 Å². The molecule has 0 aliphatic rings. The molecule has 76 valence electrons. The van der Waals surface area contributed by atoms with Crippen molar-refractivity contribution >= 4 is 23.2 Å². The number of hydrogen-bond donors (Lipinski definition) is 0. The molecule has 0 aliphatic carbocycles. The Kier molecular flexibility index (Phi) is 2.78. The number of benzene rings is 1. The highest BCUT2D eigenvalue weighted by atomic mass is 35.5. The normalized spacial score (nSPS) is 10.0. The van der Waals surface area contributed by atoms with Crippen LogP contribution < -0.4 is 4.90 Å². The van der Waals surface area contributed by atoms with Gasteiger partial charge in [0.2, 0.25) is 5.95 Å². The summed E-state index contributed by atoms with van der Waals surface area (Å²) in [6.45, 7) is 0. The van der Waals surface area contributed by atoms with E-state index < -0.39 is 0 Å². The van der Waals surface area contributed by atoms with Crippen molar-refractivity contribution in [3.8, 4) is 0 Å². The van der Waals surface area contributed by atoms with Crippen molar-refractivity contribution in [2.75, 3.05) is 11.9 Å². The van der Waals surface area contributed by atoms with Gasteiger partial charge in [-0.3, -0.25) is 0 Å². The molecular weight excluding hydrogens is 212 g/mol. The maximum Gasteiger partial charge on any atom is 0.232 e. The van der Waals surface area contributed by atoms with E-state index in [0.717, 1.165) is 5.69 Å². The van der Waals surface area contributed by atoms with Gasteiger partial charge < -0.3 is 4.90 Å². The fourth-order valence-electron chi connectivity index (χ4n) is 1.21. The molecule has 4 nitrogen and oxygen atoms in total. The van der Waals surface area contributed by atoms with Crippen LogP contribution in [0.5, 0.6) is 0 Å². The van der Waals surface area contributed by atoms with E-state index in [1.165, 1.54) is 12.7 Å². The molecule has 0 radical (unpaired) electrons. The summed E-state index contributed by atoms with van der Waals surface area (Å²) in [6.07, 6.45) is 2.92. The molecule has 1 aromatic heterocycles. The number of rotatable bonds is 2. The fraction of sp³-hybridized carbons (Fsp3) is 0.100. The summed E-state index contributed by atoms with van der Waals surface area (Å²) in [7, 11) is 1.88. The number of aromatic nitrogens is 3. The molecule has 1 aromatic carbocycles. The first-order valence-electron chi connectivity index (χ1n) is 4.38. The van der Waals surface area contributed by atoms with Gasteiger partial charge in [0.05, 0.1) is 0 Å². The molecule has 2 aromatic rings. The minimum Gasteiger partial charge on any atom is -0.313 e. The van der Waals surface area contributed by atoms with Crippen LogP contribution in [0.2, 0.25) is 5.02 Å². The van der Waals surface area contributed by atoms with Gasteiger partial charge in [0.25, 0.3) is 0 Å². The number of hydrogen-bond acceptors (Lipinski definition) is 4. The molecule has 0 fully saturated rings. The average molecular weight is 221 g/mol. The second-order valence-electron chi connectivity index (χ2n) is 2.98. The molecule has 0 N–H and O–H groups in total. The van der Waals surface area contributed by atoms with E-state index in [-0.39, 0.29) is 0 Å². The van der Waals surface area contributed by atoms with Crippen LogP contribution in [-0.2, 0) is 0 Å². The smallest absolute Gasteiger partial charge is 0.232 e. The Morgan fingerprint density at radius 3 is 2.60 bits per heavy atom. The van der Waals surface area contributed by atoms with Crippen molar-refractivity contribution in [3.05, 3.63) is 41.9 Å². The fourth-order valence-corrected chi connectivity index (χ4v) is 1.39. The highest BCUT2D eigenvalue weighted by Crippen LogP contribution is 2.22. The minimum atomic E-state index is 0.590. The van der Waals surface area contributed by atoms with Gasteiger partial charge in [-0.15, -0.1) is 0 Å². The third-order valence-electron chi connectivity index (χ3n) is 1.98. The lowest BCUT2D eigenvalue weighted by atomic mass is 10.3. The molecule has 0 amide bonds. The molecule has 5 heteroatoms. The number of anilines is 2. The van der Waals surface area contributed by atoms with Crippen LogP contribution in [0.4, 0.5) is 11.6 Å². The lowest BCUT2D eigenvalue weighted by Gasteiger charge is -2.16. The summed E-state index contributed by atoms with van der Waals surface area (Å²) in [5.41, 5.74) is 0.939. The molecular formula is C10H9ClN4. The quantitative estimate of drug-likeness (QED) is 0.779. The van der Waals surface area contributed by atoms with Gasteiger partial charge in [0.15, 0.2) is 0 Å². The Hall–Kier alpha value is -1.68. The Bertz CT molecular complexity index is 446. The third kappa shape index (κ3) is 2.22. The number of halogens is 1. The molecule has 2 rings (SSSR count). The van der Waals surface area contributed by atoms with Gasteiger partial charge in [0.1, 0.15) is 12.7 Å². The predicted molar refractivity (Wildman–Crippen MR) is 59.3 cm³/mol. The Balaban J connectivity index is 2.32. The molecule has 0 spiro atoms. The molecule has 0 bridgehead atoms. The van der Waals surface area contributed by atoms with Crippen LogP contribution in [0.25, 0.3) is 0 Å². The summed E-state index contributed by atoms with van der Waals surface area (Å²) in [5.74, 6) is 0.590. The van der Waals surface area contributed by atoms with E-state index in [0.29, 0.717) is 11.0 Å². The molecule has 15 heavy (non-hydrogen) atoms. The van der Waals surface area contributed by atoms with E-state index >= 15 is 0 Å². The van der Waals surface area contributed by atoms with E-state index in [1.807, 2.05) is 36.2 Å².